The number of aliphatic hydroxyl groups excluding tert-OH is 1. The number of rotatable bonds is 4. The van der Waals surface area contributed by atoms with E-state index in [-0.39, 0.29) is 11.4 Å². The topological polar surface area (TPSA) is 101 Å². The van der Waals surface area contributed by atoms with Gasteiger partial charge in [0.05, 0.1) is 11.0 Å². The summed E-state index contributed by atoms with van der Waals surface area (Å²) in [5, 5.41) is 9.54. The summed E-state index contributed by atoms with van der Waals surface area (Å²) in [6.45, 7) is 1.85. The van der Waals surface area contributed by atoms with Crippen molar-refractivity contribution in [1.29, 1.82) is 0 Å². The molecule has 3 N–H and O–H groups in total. The number of hydrogen-bond acceptors (Lipinski definition) is 4. The van der Waals surface area contributed by atoms with Crippen molar-refractivity contribution >= 4 is 15.9 Å². The van der Waals surface area contributed by atoms with Gasteiger partial charge in [0.25, 0.3) is 0 Å². The van der Waals surface area contributed by atoms with Gasteiger partial charge in [-0.2, -0.15) is 4.31 Å². The minimum absolute atomic E-state index is 0.0732. The molecular formula is C13H18N2O4S. The number of nitrogens with two attached hydrogens (primary N) is 1. The lowest BCUT2D eigenvalue weighted by molar-refractivity contribution is -0.121. The van der Waals surface area contributed by atoms with E-state index in [1.165, 1.54) is 12.1 Å². The van der Waals surface area contributed by atoms with Crippen LogP contribution in [0.2, 0.25) is 0 Å². The molecular weight excluding hydrogens is 280 g/mol. The highest BCUT2D eigenvalue weighted by molar-refractivity contribution is 7.89. The molecule has 0 spiro atoms. The van der Waals surface area contributed by atoms with Gasteiger partial charge in [0.15, 0.2) is 0 Å². The average Bonchev–Trinajstić information content (AvgIpc) is 2.89. The Morgan fingerprint density at radius 2 is 2.20 bits per heavy atom. The summed E-state index contributed by atoms with van der Waals surface area (Å²) in [6, 6.07) is 5.33. The monoisotopic (exact) mass is 298 g/mol. The molecule has 1 saturated heterocycles. The summed E-state index contributed by atoms with van der Waals surface area (Å²) in [6.07, 6.45) is 0.309. The van der Waals surface area contributed by atoms with Gasteiger partial charge in [0.2, 0.25) is 15.9 Å². The second-order valence-corrected chi connectivity index (χ2v) is 6.82. The number of aliphatic hydroxyl groups is 1. The Morgan fingerprint density at radius 1 is 1.50 bits per heavy atom. The van der Waals surface area contributed by atoms with Gasteiger partial charge in [-0.3, -0.25) is 4.79 Å². The lowest BCUT2D eigenvalue weighted by Crippen LogP contribution is -2.43. The number of primary amides is 1. The van der Waals surface area contributed by atoms with E-state index in [1.54, 1.807) is 19.1 Å². The first-order valence-corrected chi connectivity index (χ1v) is 7.87. The van der Waals surface area contributed by atoms with Gasteiger partial charge in [-0.25, -0.2) is 8.42 Å². The molecule has 6 nitrogen and oxygen atoms in total. The highest BCUT2D eigenvalue weighted by atomic mass is 32.2. The smallest absolute Gasteiger partial charge is 0.243 e. The van der Waals surface area contributed by atoms with Crippen molar-refractivity contribution in [3.63, 3.8) is 0 Å². The second-order valence-electron chi connectivity index (χ2n) is 4.92. The van der Waals surface area contributed by atoms with Crippen LogP contribution in [0, 0.1) is 0 Å². The van der Waals surface area contributed by atoms with Crippen LogP contribution in [0.15, 0.2) is 29.2 Å². The minimum Gasteiger partial charge on any atom is -0.389 e. The molecule has 1 aliphatic rings. The SMILES string of the molecule is CC(O)c1cccc(S(=O)(=O)N2CCCC2C(N)=O)c1. The van der Waals surface area contributed by atoms with Crippen LogP contribution < -0.4 is 5.73 Å². The van der Waals surface area contributed by atoms with E-state index in [4.69, 9.17) is 5.73 Å². The second kappa shape index (κ2) is 5.51. The van der Waals surface area contributed by atoms with Crippen molar-refractivity contribution in [3.05, 3.63) is 29.8 Å². The quantitative estimate of drug-likeness (QED) is 0.839. The normalized spacial score (nSPS) is 21.8. The Hall–Kier alpha value is -1.44. The Morgan fingerprint density at radius 3 is 2.80 bits per heavy atom. The third-order valence-corrected chi connectivity index (χ3v) is 5.38. The van der Waals surface area contributed by atoms with Crippen LogP contribution in [-0.2, 0) is 14.8 Å². The van der Waals surface area contributed by atoms with Crippen molar-refractivity contribution in [3.8, 4) is 0 Å². The molecule has 0 saturated carbocycles. The number of hydrogen-bond donors (Lipinski definition) is 2. The maximum atomic E-state index is 12.6. The fourth-order valence-corrected chi connectivity index (χ4v) is 4.10. The van der Waals surface area contributed by atoms with Crippen LogP contribution in [0.4, 0.5) is 0 Å². The Labute approximate surface area is 118 Å². The van der Waals surface area contributed by atoms with Crippen molar-refractivity contribution in [2.75, 3.05) is 6.54 Å². The molecule has 110 valence electrons. The Balaban J connectivity index is 2.40. The van der Waals surface area contributed by atoms with E-state index < -0.39 is 28.1 Å². The first-order chi connectivity index (χ1) is 9.34. The molecule has 2 atom stereocenters. The summed E-state index contributed by atoms with van der Waals surface area (Å²) >= 11 is 0. The molecule has 0 aromatic heterocycles. The van der Waals surface area contributed by atoms with Crippen molar-refractivity contribution in [2.24, 2.45) is 5.73 Å². The Bertz CT molecular complexity index is 613. The molecule has 1 heterocycles. The molecule has 1 aliphatic heterocycles. The Kier molecular flexibility index (Phi) is 4.12. The summed E-state index contributed by atoms with van der Waals surface area (Å²) in [5.74, 6) is -0.627. The molecule has 1 fully saturated rings. The maximum absolute atomic E-state index is 12.6. The van der Waals surface area contributed by atoms with Gasteiger partial charge in [0.1, 0.15) is 6.04 Å². The lowest BCUT2D eigenvalue weighted by Gasteiger charge is -2.22. The number of amides is 1. The van der Waals surface area contributed by atoms with E-state index in [9.17, 15) is 18.3 Å². The van der Waals surface area contributed by atoms with E-state index in [0.29, 0.717) is 18.4 Å². The molecule has 0 aliphatic carbocycles. The van der Waals surface area contributed by atoms with Crippen molar-refractivity contribution < 1.29 is 18.3 Å². The highest BCUT2D eigenvalue weighted by Gasteiger charge is 2.38. The zero-order chi connectivity index (χ0) is 14.9. The van der Waals surface area contributed by atoms with Crippen LogP contribution in [0.5, 0.6) is 0 Å². The molecule has 2 unspecified atom stereocenters. The first kappa shape index (κ1) is 15.0. The van der Waals surface area contributed by atoms with E-state index in [2.05, 4.69) is 0 Å². The number of benzene rings is 1. The zero-order valence-corrected chi connectivity index (χ0v) is 12.0. The number of carbonyl (C=O) groups excluding carboxylic acids is 1. The van der Waals surface area contributed by atoms with Crippen molar-refractivity contribution in [2.45, 2.75) is 36.8 Å². The fraction of sp³-hybridized carbons (Fsp3) is 0.462. The zero-order valence-electron chi connectivity index (χ0n) is 11.2. The maximum Gasteiger partial charge on any atom is 0.243 e. The van der Waals surface area contributed by atoms with Crippen LogP contribution in [0.25, 0.3) is 0 Å². The summed E-state index contributed by atoms with van der Waals surface area (Å²) in [5.41, 5.74) is 5.77. The summed E-state index contributed by atoms with van der Waals surface area (Å²) in [4.78, 5) is 11.4. The highest BCUT2D eigenvalue weighted by Crippen LogP contribution is 2.27. The molecule has 2 rings (SSSR count). The van der Waals surface area contributed by atoms with Gasteiger partial charge < -0.3 is 10.8 Å². The molecule has 7 heteroatoms. The summed E-state index contributed by atoms with van der Waals surface area (Å²) < 4.78 is 26.3. The van der Waals surface area contributed by atoms with E-state index in [1.807, 2.05) is 0 Å². The minimum atomic E-state index is -3.77. The number of nitrogens with zero attached hydrogens (tertiary/aromatic N) is 1. The third-order valence-electron chi connectivity index (χ3n) is 3.48. The van der Waals surface area contributed by atoms with Crippen molar-refractivity contribution in [1.82, 2.24) is 4.31 Å². The third kappa shape index (κ3) is 2.70. The van der Waals surface area contributed by atoms with E-state index >= 15 is 0 Å². The largest absolute Gasteiger partial charge is 0.389 e. The van der Waals surface area contributed by atoms with Crippen LogP contribution >= 0.6 is 0 Å². The predicted octanol–water partition coefficient (Wildman–Crippen LogP) is 0.378. The first-order valence-electron chi connectivity index (χ1n) is 6.43. The van der Waals surface area contributed by atoms with Gasteiger partial charge >= 0.3 is 0 Å². The van der Waals surface area contributed by atoms with E-state index in [0.717, 1.165) is 4.31 Å². The number of carbonyl (C=O) groups is 1. The average molecular weight is 298 g/mol. The molecule has 20 heavy (non-hydrogen) atoms. The molecule has 0 bridgehead atoms. The molecule has 1 amide bonds. The van der Waals surface area contributed by atoms with Gasteiger partial charge in [-0.05, 0) is 37.5 Å². The van der Waals surface area contributed by atoms with Crippen LogP contribution in [0.1, 0.15) is 31.4 Å². The molecule has 0 radical (unpaired) electrons. The predicted molar refractivity (Wildman–Crippen MR) is 73.2 cm³/mol. The fourth-order valence-electron chi connectivity index (χ4n) is 2.38. The van der Waals surface area contributed by atoms with Gasteiger partial charge in [0, 0.05) is 6.54 Å². The molecule has 1 aromatic carbocycles. The van der Waals surface area contributed by atoms with Gasteiger partial charge in [-0.1, -0.05) is 12.1 Å². The van der Waals surface area contributed by atoms with Gasteiger partial charge in [-0.15, -0.1) is 0 Å². The van der Waals surface area contributed by atoms with Crippen LogP contribution in [0.3, 0.4) is 0 Å². The molecule has 1 aromatic rings. The summed E-state index contributed by atoms with van der Waals surface area (Å²) in [7, 11) is -3.77. The standard InChI is InChI=1S/C13H18N2O4S/c1-9(16)10-4-2-5-11(8-10)20(18,19)15-7-3-6-12(15)13(14)17/h2,4-5,8-9,12,16H,3,6-7H2,1H3,(H2,14,17). The lowest BCUT2D eigenvalue weighted by atomic mass is 10.1. The number of sulfonamides is 1. The van der Waals surface area contributed by atoms with Crippen LogP contribution in [-0.4, -0.2) is 36.3 Å².